The molecular weight excluding hydrogens is 1580 g/mol. The van der Waals surface area contributed by atoms with Crippen molar-refractivity contribution in [3.8, 4) is 12.1 Å². The average molecular weight is 1710 g/mol. The van der Waals surface area contributed by atoms with E-state index in [9.17, 15) is 111 Å². The van der Waals surface area contributed by atoms with E-state index in [1.165, 1.54) is 24.5 Å². The topological polar surface area (TPSA) is 311 Å². The van der Waals surface area contributed by atoms with Crippen LogP contribution >= 0.6 is 0 Å². The van der Waals surface area contributed by atoms with Crippen LogP contribution in [0.1, 0.15) is 274 Å². The van der Waals surface area contributed by atoms with E-state index < -0.39 is 153 Å². The first kappa shape index (κ1) is 106. The predicted octanol–water partition coefficient (Wildman–Crippen LogP) is 18.6. The predicted molar refractivity (Wildman–Crippen MR) is 403 cm³/mol. The van der Waals surface area contributed by atoms with Gasteiger partial charge in [-0.1, -0.05) is 100 Å². The van der Waals surface area contributed by atoms with Crippen LogP contribution in [-0.2, 0) is 101 Å². The normalized spacial score (nSPS) is 25.3. The van der Waals surface area contributed by atoms with Crippen LogP contribution in [0.15, 0.2) is 24.3 Å². The second-order valence-electron chi connectivity index (χ2n) is 35.5. The van der Waals surface area contributed by atoms with Crippen molar-refractivity contribution >= 4 is 59.7 Å². The van der Waals surface area contributed by atoms with Gasteiger partial charge >= 0.3 is 84.4 Å². The van der Waals surface area contributed by atoms with Crippen molar-refractivity contribution < 1.29 is 148 Å². The van der Waals surface area contributed by atoms with Crippen LogP contribution in [0.25, 0.3) is 0 Å². The zero-order valence-corrected chi connectivity index (χ0v) is 72.7. The van der Waals surface area contributed by atoms with E-state index in [0.29, 0.717) is 77.7 Å². The third kappa shape index (κ3) is 26.5. The van der Waals surface area contributed by atoms with Crippen LogP contribution in [0, 0.1) is 89.7 Å². The highest BCUT2D eigenvalue weighted by molar-refractivity contribution is 5.99. The number of cyclic esters (lactones) is 1. The molecule has 1 aromatic carbocycles. The van der Waals surface area contributed by atoms with E-state index in [-0.39, 0.29) is 65.6 Å². The molecule has 0 spiro atoms. The van der Waals surface area contributed by atoms with Gasteiger partial charge in [0.2, 0.25) is 6.10 Å². The Labute approximate surface area is 684 Å². The molecule has 0 radical (unpaired) electrons. The first-order valence-electron chi connectivity index (χ1n) is 39.8. The Bertz CT molecular complexity index is 3540. The number of hydrogen-bond acceptors (Lipinski definition) is 22. The molecule has 3 heterocycles. The third-order valence-corrected chi connectivity index (χ3v) is 23.9. The number of nitrogens with zero attached hydrogens (tertiary/aromatic N) is 2. The number of halogens is 12. The fraction of sp³-hybridized carbons (Fsp3) is 0.786. The standard InChI is InChI=1S/2C15H19NO4.C14H22.C12H16F6O4.C10H16O4.2C9H15F3O2/c2*1-4-14(2,3)12(17)19-10-8-5-9-11(10)20-13(18)15(9,6-8)7-16;1-6-11(2)12-7-9-13(10-8-12)14(3,4)5;1-5-10(4,8(19)21-6(2)11(13,14)15)9(20)22-7(3)12(16,17)18;1-4-10(2,3)9(12)14-7-5-6-13-8(7)11;2*1-5-8(3,4)7(13)14-6(2)9(10,11)12/h2*8-11H,4-6H2,1-3H3;7-11H,6H2,1-5H3;6-7H,5H2,1-4H3;7H,4-6H2,1-3H3;2*6H,5H2,1-4H3. The number of benzene rings is 1. The van der Waals surface area contributed by atoms with Gasteiger partial charge < -0.3 is 47.4 Å². The fourth-order valence-electron chi connectivity index (χ4n) is 12.1. The van der Waals surface area contributed by atoms with Gasteiger partial charge in [-0.2, -0.15) is 63.2 Å². The highest BCUT2D eigenvalue weighted by Crippen LogP contribution is 2.64. The van der Waals surface area contributed by atoms with Gasteiger partial charge in [0.05, 0.1) is 45.8 Å². The van der Waals surface area contributed by atoms with Crippen LogP contribution in [0.5, 0.6) is 0 Å². The van der Waals surface area contributed by atoms with Crippen molar-refractivity contribution in [2.75, 3.05) is 6.61 Å². The summed E-state index contributed by atoms with van der Waals surface area (Å²) in [6.45, 7) is 42.9. The molecule has 22 nitrogen and oxygen atoms in total. The second-order valence-corrected chi connectivity index (χ2v) is 35.5. The summed E-state index contributed by atoms with van der Waals surface area (Å²) in [5.41, 5.74) is -4.37. The number of carbonyl (C=O) groups excluding carboxylic acids is 10. The molecule has 7 aliphatic rings. The van der Waals surface area contributed by atoms with Gasteiger partial charge in [0.15, 0.2) is 40.7 Å². The fourth-order valence-corrected chi connectivity index (χ4v) is 12.1. The van der Waals surface area contributed by atoms with Crippen molar-refractivity contribution in [3.05, 3.63) is 35.4 Å². The van der Waals surface area contributed by atoms with Crippen molar-refractivity contribution in [2.45, 2.75) is 348 Å². The Kier molecular flexibility index (Phi) is 36.5. The molecule has 3 saturated heterocycles. The van der Waals surface area contributed by atoms with Crippen molar-refractivity contribution in [1.29, 1.82) is 10.5 Å². The molecule has 16 unspecified atom stereocenters. The van der Waals surface area contributed by atoms with Crippen molar-refractivity contribution in [3.63, 3.8) is 0 Å². The Morgan fingerprint density at radius 3 is 0.975 bits per heavy atom. The maximum atomic E-state index is 12.3. The summed E-state index contributed by atoms with van der Waals surface area (Å²) in [7, 11) is 0. The monoisotopic (exact) mass is 1710 g/mol. The second kappa shape index (κ2) is 40.6. The summed E-state index contributed by atoms with van der Waals surface area (Å²) in [6.07, 6.45) is -23.3. The Balaban J connectivity index is 0.000000471. The molecular formula is C84H122F12N2O20. The summed E-state index contributed by atoms with van der Waals surface area (Å²) in [5.74, 6) is -6.30. The minimum atomic E-state index is -4.85. The Morgan fingerprint density at radius 2 is 0.729 bits per heavy atom. The lowest BCUT2D eigenvalue weighted by Crippen LogP contribution is -2.45. The van der Waals surface area contributed by atoms with Gasteiger partial charge in [-0.05, 0) is 197 Å². The van der Waals surface area contributed by atoms with Crippen LogP contribution in [0.4, 0.5) is 52.7 Å². The van der Waals surface area contributed by atoms with Crippen molar-refractivity contribution in [1.82, 2.24) is 0 Å². The molecule has 16 atom stereocenters. The molecule has 0 aromatic heterocycles. The van der Waals surface area contributed by atoms with E-state index in [4.69, 9.17) is 28.4 Å². The molecule has 0 amide bonds. The number of rotatable bonds is 22. The summed E-state index contributed by atoms with van der Waals surface area (Å²) in [4.78, 5) is 117. The smallest absolute Gasteiger partial charge is 0.425 e. The van der Waals surface area contributed by atoms with E-state index in [1.54, 1.807) is 55.4 Å². The SMILES string of the molecule is CCC(C)(C(=O)OC(C)C(F)(F)F)C(=O)OC(C)C(F)(F)F.CCC(C)(C)C(=O)OC(C)C(F)(F)F.CCC(C)(C)C(=O)OC(C)C(F)(F)F.CCC(C)(C)C(=O)OC1C2CC3C1OC(=O)C3(C#N)C2.CCC(C)(C)C(=O)OC1C2CC3C1OC(=O)C3(C#N)C2.CCC(C)(C)C(=O)OC1CCOC1=O.CCC(C)c1ccc(C(C)(C)C)cc1. The first-order valence-corrected chi connectivity index (χ1v) is 39.8. The van der Waals surface area contributed by atoms with E-state index in [1.807, 2.05) is 48.5 Å². The van der Waals surface area contributed by atoms with Crippen molar-refractivity contribution in [2.24, 2.45) is 67.0 Å². The molecule has 3 aliphatic heterocycles. The third-order valence-electron chi connectivity index (χ3n) is 23.9. The Morgan fingerprint density at radius 1 is 0.441 bits per heavy atom. The van der Waals surface area contributed by atoms with Gasteiger partial charge in [0.1, 0.15) is 24.4 Å². The molecule has 34 heteroatoms. The van der Waals surface area contributed by atoms with Gasteiger partial charge in [0, 0.05) is 30.1 Å². The molecule has 7 fully saturated rings. The number of esters is 10. The highest BCUT2D eigenvalue weighted by atomic mass is 19.4. The minimum absolute atomic E-state index is 0.0766. The van der Waals surface area contributed by atoms with Gasteiger partial charge in [-0.3, -0.25) is 43.2 Å². The molecule has 0 N–H and O–H groups in total. The molecule has 4 aliphatic carbocycles. The van der Waals surface area contributed by atoms with Crippen LogP contribution < -0.4 is 0 Å². The molecule has 118 heavy (non-hydrogen) atoms. The number of ether oxygens (including phenoxy) is 10. The highest BCUT2D eigenvalue weighted by Gasteiger charge is 2.74. The molecule has 672 valence electrons. The van der Waals surface area contributed by atoms with E-state index in [2.05, 4.69) is 90.0 Å². The lowest BCUT2D eigenvalue weighted by Gasteiger charge is -2.30. The molecule has 8 rings (SSSR count). The largest absolute Gasteiger partial charge is 0.463 e. The number of nitriles is 2. The summed E-state index contributed by atoms with van der Waals surface area (Å²) in [5, 5.41) is 18.6. The van der Waals surface area contributed by atoms with Gasteiger partial charge in [-0.15, -0.1) is 0 Å². The molecule has 4 saturated carbocycles. The quantitative estimate of drug-likeness (QED) is 0.0450. The summed E-state index contributed by atoms with van der Waals surface area (Å²) < 4.78 is 195. The lowest BCUT2D eigenvalue weighted by atomic mass is 9.74. The summed E-state index contributed by atoms with van der Waals surface area (Å²) >= 11 is 0. The minimum Gasteiger partial charge on any atom is -0.463 e. The summed E-state index contributed by atoms with van der Waals surface area (Å²) in [6, 6.07) is 13.4. The maximum Gasteiger partial charge on any atom is 0.425 e. The molecule has 1 aromatic rings. The average Bonchev–Trinajstić information content (AvgIpc) is 1.54. The number of hydrogen-bond donors (Lipinski definition) is 0. The van der Waals surface area contributed by atoms with Crippen LogP contribution in [-0.4, -0.2) is 146 Å². The van der Waals surface area contributed by atoms with Gasteiger partial charge in [-0.25, -0.2) is 4.79 Å². The number of carbonyl (C=O) groups is 10. The Hall–Kier alpha value is -7.94. The van der Waals surface area contributed by atoms with E-state index >= 15 is 0 Å². The molecule has 4 bridgehead atoms. The van der Waals surface area contributed by atoms with E-state index in [0.717, 1.165) is 33.6 Å². The number of fused-ring (bicyclic) bond motifs is 2. The maximum absolute atomic E-state index is 12.3. The number of alkyl halides is 12. The first-order chi connectivity index (χ1) is 53.5. The zero-order valence-electron chi connectivity index (χ0n) is 72.7. The zero-order chi connectivity index (χ0) is 92.0. The van der Waals surface area contributed by atoms with Crippen LogP contribution in [0.3, 0.4) is 0 Å². The van der Waals surface area contributed by atoms with Crippen LogP contribution in [0.2, 0.25) is 0 Å². The lowest BCUT2D eigenvalue weighted by molar-refractivity contribution is -0.231. The van der Waals surface area contributed by atoms with Gasteiger partial charge in [0.25, 0.3) is 0 Å².